The highest BCUT2D eigenvalue weighted by atomic mass is 19.4. The Bertz CT molecular complexity index is 483. The lowest BCUT2D eigenvalue weighted by Gasteiger charge is -2.21. The van der Waals surface area contributed by atoms with Crippen LogP contribution in [0.1, 0.15) is 31.4 Å². The first-order valence-electron chi connectivity index (χ1n) is 6.01. The van der Waals surface area contributed by atoms with E-state index in [0.717, 1.165) is 25.0 Å². The van der Waals surface area contributed by atoms with Gasteiger partial charge in [0.2, 0.25) is 0 Å². The van der Waals surface area contributed by atoms with E-state index in [2.05, 4.69) is 21.0 Å². The molecule has 0 aliphatic heterocycles. The molecule has 1 heterocycles. The first-order valence-corrected chi connectivity index (χ1v) is 6.01. The average Bonchev–Trinajstić information content (AvgIpc) is 2.84. The van der Waals surface area contributed by atoms with E-state index in [1.54, 1.807) is 0 Å². The van der Waals surface area contributed by atoms with Gasteiger partial charge in [0.05, 0.1) is 0 Å². The molecule has 1 saturated carbocycles. The fraction of sp³-hybridized carbons (Fsp3) is 0.545. The fourth-order valence-corrected chi connectivity index (χ4v) is 1.97. The Morgan fingerprint density at radius 2 is 1.90 bits per heavy atom. The van der Waals surface area contributed by atoms with Gasteiger partial charge in [-0.05, 0) is 37.8 Å². The van der Waals surface area contributed by atoms with E-state index < -0.39 is 23.4 Å². The molecule has 1 aromatic rings. The number of rotatable bonds is 3. The second-order valence-electron chi connectivity index (χ2n) is 4.62. The Kier molecular flexibility index (Phi) is 3.80. The van der Waals surface area contributed by atoms with E-state index in [0.29, 0.717) is 12.8 Å². The zero-order valence-electron chi connectivity index (χ0n) is 10.4. The molecule has 1 aliphatic rings. The number of halogens is 3. The molecule has 0 spiro atoms. The second-order valence-corrected chi connectivity index (χ2v) is 4.62. The van der Waals surface area contributed by atoms with Gasteiger partial charge in [-0.25, -0.2) is 0 Å². The number of amides is 1. The molecule has 1 amide bonds. The standard InChI is InChI=1S/C11H13F3N4O2/c12-11(13,14)7-3-4-8(16-15-7)17-18-9(19)10(20)5-1-2-6-10/h3-4,20H,1-2,5-6H2,(H,16,17)(H,18,19). The minimum Gasteiger partial charge on any atom is -0.380 e. The minimum atomic E-state index is -4.56. The van der Waals surface area contributed by atoms with Crippen LogP contribution in [0.4, 0.5) is 19.0 Å². The summed E-state index contributed by atoms with van der Waals surface area (Å²) in [5, 5.41) is 16.2. The molecule has 110 valence electrons. The van der Waals surface area contributed by atoms with Crippen LogP contribution in [0.15, 0.2) is 12.1 Å². The van der Waals surface area contributed by atoms with Gasteiger partial charge in [-0.1, -0.05) is 0 Å². The highest BCUT2D eigenvalue weighted by Gasteiger charge is 2.39. The van der Waals surface area contributed by atoms with Gasteiger partial charge in [0, 0.05) is 0 Å². The van der Waals surface area contributed by atoms with Gasteiger partial charge in [-0.2, -0.15) is 13.2 Å². The number of aliphatic hydroxyl groups is 1. The summed E-state index contributed by atoms with van der Waals surface area (Å²) in [6.45, 7) is 0. The van der Waals surface area contributed by atoms with Gasteiger partial charge in [0.25, 0.3) is 5.91 Å². The zero-order chi connectivity index (χ0) is 14.8. The summed E-state index contributed by atoms with van der Waals surface area (Å²) < 4.78 is 36.8. The molecular formula is C11H13F3N4O2. The summed E-state index contributed by atoms with van der Waals surface area (Å²) in [5.74, 6) is -0.676. The Balaban J connectivity index is 1.93. The van der Waals surface area contributed by atoms with E-state index in [1.165, 1.54) is 0 Å². The number of hydrogen-bond acceptors (Lipinski definition) is 5. The number of carbonyl (C=O) groups is 1. The topological polar surface area (TPSA) is 87.1 Å². The third-order valence-electron chi connectivity index (χ3n) is 3.11. The van der Waals surface area contributed by atoms with Crippen LogP contribution in [-0.4, -0.2) is 26.8 Å². The van der Waals surface area contributed by atoms with Crippen LogP contribution in [-0.2, 0) is 11.0 Å². The van der Waals surface area contributed by atoms with Crippen molar-refractivity contribution in [3.8, 4) is 0 Å². The van der Waals surface area contributed by atoms with Crippen LogP contribution >= 0.6 is 0 Å². The van der Waals surface area contributed by atoms with Crippen molar-refractivity contribution in [2.75, 3.05) is 5.43 Å². The first-order chi connectivity index (χ1) is 9.31. The first kappa shape index (κ1) is 14.5. The van der Waals surface area contributed by atoms with E-state index in [9.17, 15) is 23.1 Å². The van der Waals surface area contributed by atoms with Crippen LogP contribution in [0.5, 0.6) is 0 Å². The average molecular weight is 290 g/mol. The van der Waals surface area contributed by atoms with Crippen LogP contribution in [0, 0.1) is 0 Å². The SMILES string of the molecule is O=C(NNc1ccc(C(F)(F)F)nn1)C1(O)CCCC1. The monoisotopic (exact) mass is 290 g/mol. The summed E-state index contributed by atoms with van der Waals surface area (Å²) in [4.78, 5) is 11.7. The predicted molar refractivity (Wildman–Crippen MR) is 62.2 cm³/mol. The maximum Gasteiger partial charge on any atom is 0.435 e. The lowest BCUT2D eigenvalue weighted by molar-refractivity contribution is -0.141. The molecule has 9 heteroatoms. The molecule has 1 aromatic heterocycles. The largest absolute Gasteiger partial charge is 0.435 e. The molecule has 3 N–H and O–H groups in total. The van der Waals surface area contributed by atoms with E-state index in [4.69, 9.17) is 0 Å². The number of nitrogens with one attached hydrogen (secondary N) is 2. The molecule has 0 radical (unpaired) electrons. The second kappa shape index (κ2) is 5.23. The molecule has 2 rings (SSSR count). The van der Waals surface area contributed by atoms with Crippen molar-refractivity contribution in [1.29, 1.82) is 0 Å². The molecule has 1 aliphatic carbocycles. The summed E-state index contributed by atoms with van der Waals surface area (Å²) in [5.41, 5.74) is 2.00. The summed E-state index contributed by atoms with van der Waals surface area (Å²) in [6, 6.07) is 1.78. The molecule has 0 unspecified atom stereocenters. The van der Waals surface area contributed by atoms with Crippen LogP contribution in [0.2, 0.25) is 0 Å². The lowest BCUT2D eigenvalue weighted by Crippen LogP contribution is -2.47. The predicted octanol–water partition coefficient (Wildman–Crippen LogP) is 1.24. The Morgan fingerprint density at radius 1 is 1.25 bits per heavy atom. The zero-order valence-corrected chi connectivity index (χ0v) is 10.4. The highest BCUT2D eigenvalue weighted by molar-refractivity contribution is 5.86. The van der Waals surface area contributed by atoms with Crippen LogP contribution in [0.25, 0.3) is 0 Å². The molecule has 0 atom stereocenters. The molecule has 0 aromatic carbocycles. The summed E-state index contributed by atoms with van der Waals surface area (Å²) in [6.07, 6.45) is -2.33. The van der Waals surface area contributed by atoms with Crippen LogP contribution in [0.3, 0.4) is 0 Å². The third kappa shape index (κ3) is 3.16. The van der Waals surface area contributed by atoms with Crippen molar-refractivity contribution in [2.45, 2.75) is 37.5 Å². The van der Waals surface area contributed by atoms with Gasteiger partial charge < -0.3 is 5.11 Å². The molecule has 1 fully saturated rings. The highest BCUT2D eigenvalue weighted by Crippen LogP contribution is 2.29. The van der Waals surface area contributed by atoms with Crippen molar-refractivity contribution >= 4 is 11.7 Å². The van der Waals surface area contributed by atoms with Crippen molar-refractivity contribution in [3.63, 3.8) is 0 Å². The normalized spacial score (nSPS) is 17.8. The molecule has 20 heavy (non-hydrogen) atoms. The van der Waals surface area contributed by atoms with E-state index in [-0.39, 0.29) is 5.82 Å². The molecular weight excluding hydrogens is 277 g/mol. The van der Waals surface area contributed by atoms with Crippen molar-refractivity contribution in [3.05, 3.63) is 17.8 Å². The Morgan fingerprint density at radius 3 is 2.40 bits per heavy atom. The van der Waals surface area contributed by atoms with E-state index >= 15 is 0 Å². The van der Waals surface area contributed by atoms with Crippen molar-refractivity contribution in [1.82, 2.24) is 15.6 Å². The van der Waals surface area contributed by atoms with Gasteiger partial charge >= 0.3 is 6.18 Å². The number of hydrogen-bond donors (Lipinski definition) is 3. The fourth-order valence-electron chi connectivity index (χ4n) is 1.97. The summed E-state index contributed by atoms with van der Waals surface area (Å²) >= 11 is 0. The van der Waals surface area contributed by atoms with E-state index in [1.807, 2.05) is 0 Å². The number of hydrazine groups is 1. The Hall–Kier alpha value is -1.90. The minimum absolute atomic E-state index is 0.0482. The molecule has 6 nitrogen and oxygen atoms in total. The summed E-state index contributed by atoms with van der Waals surface area (Å²) in [7, 11) is 0. The smallest absolute Gasteiger partial charge is 0.380 e. The quantitative estimate of drug-likeness (QED) is 0.729. The third-order valence-corrected chi connectivity index (χ3v) is 3.11. The van der Waals surface area contributed by atoms with Gasteiger partial charge in [-0.3, -0.25) is 15.6 Å². The Labute approximate surface area is 112 Å². The number of carbonyl (C=O) groups excluding carboxylic acids is 1. The number of aromatic nitrogens is 2. The maximum atomic E-state index is 12.3. The van der Waals surface area contributed by atoms with Crippen LogP contribution < -0.4 is 10.9 Å². The lowest BCUT2D eigenvalue weighted by atomic mass is 10.0. The van der Waals surface area contributed by atoms with Gasteiger partial charge in [0.1, 0.15) is 5.60 Å². The van der Waals surface area contributed by atoms with Crippen molar-refractivity contribution in [2.24, 2.45) is 0 Å². The van der Waals surface area contributed by atoms with Crippen molar-refractivity contribution < 1.29 is 23.1 Å². The maximum absolute atomic E-state index is 12.3. The molecule has 0 bridgehead atoms. The number of nitrogens with zero attached hydrogens (tertiary/aromatic N) is 2. The number of anilines is 1. The van der Waals surface area contributed by atoms with Gasteiger partial charge in [-0.15, -0.1) is 10.2 Å². The molecule has 0 saturated heterocycles. The van der Waals surface area contributed by atoms with Gasteiger partial charge in [0.15, 0.2) is 11.5 Å². The number of alkyl halides is 3.